The van der Waals surface area contributed by atoms with Gasteiger partial charge in [-0.2, -0.15) is 0 Å². The van der Waals surface area contributed by atoms with Gasteiger partial charge in [-0.1, -0.05) is 12.1 Å². The molecule has 0 unspecified atom stereocenters. The summed E-state index contributed by atoms with van der Waals surface area (Å²) >= 11 is 3.12. The van der Waals surface area contributed by atoms with Crippen molar-refractivity contribution in [3.63, 3.8) is 0 Å². The van der Waals surface area contributed by atoms with Gasteiger partial charge in [0.2, 0.25) is 0 Å². The summed E-state index contributed by atoms with van der Waals surface area (Å²) in [6.45, 7) is 0. The van der Waals surface area contributed by atoms with Crippen molar-refractivity contribution < 1.29 is 4.42 Å². The van der Waals surface area contributed by atoms with Crippen molar-refractivity contribution in [1.82, 2.24) is 0 Å². The van der Waals surface area contributed by atoms with E-state index in [4.69, 9.17) is 4.42 Å². The van der Waals surface area contributed by atoms with Crippen molar-refractivity contribution in [2.24, 2.45) is 0 Å². The highest BCUT2D eigenvalue weighted by atomic mass is 32.1. The molecule has 3 aromatic heterocycles. The molecular formula is C13H8O2S2. The molecule has 0 amide bonds. The molecule has 4 heteroatoms. The third kappa shape index (κ3) is 2.09. The first-order chi connectivity index (χ1) is 8.33. The van der Waals surface area contributed by atoms with Crippen LogP contribution in [0.1, 0.15) is 0 Å². The van der Waals surface area contributed by atoms with Crippen molar-refractivity contribution in [2.45, 2.75) is 0 Å². The van der Waals surface area contributed by atoms with Crippen molar-refractivity contribution in [2.75, 3.05) is 0 Å². The second-order valence-corrected chi connectivity index (χ2v) is 5.37. The Morgan fingerprint density at radius 1 is 0.882 bits per heavy atom. The van der Waals surface area contributed by atoms with Gasteiger partial charge in [-0.3, -0.25) is 4.79 Å². The molecule has 0 saturated carbocycles. The molecule has 17 heavy (non-hydrogen) atoms. The summed E-state index contributed by atoms with van der Waals surface area (Å²) in [5, 5.41) is 3.93. The van der Waals surface area contributed by atoms with Gasteiger partial charge < -0.3 is 4.42 Å². The van der Waals surface area contributed by atoms with Gasteiger partial charge in [0.25, 0.3) is 0 Å². The van der Waals surface area contributed by atoms with Crippen LogP contribution >= 0.6 is 22.7 Å². The van der Waals surface area contributed by atoms with Crippen molar-refractivity contribution in [3.8, 4) is 21.3 Å². The van der Waals surface area contributed by atoms with E-state index in [2.05, 4.69) is 0 Å². The first kappa shape index (κ1) is 10.5. The Labute approximate surface area is 106 Å². The van der Waals surface area contributed by atoms with E-state index in [0.717, 1.165) is 9.75 Å². The lowest BCUT2D eigenvalue weighted by Gasteiger charge is -2.00. The van der Waals surface area contributed by atoms with Crippen molar-refractivity contribution in [1.29, 1.82) is 0 Å². The van der Waals surface area contributed by atoms with E-state index < -0.39 is 0 Å². The number of hydrogen-bond acceptors (Lipinski definition) is 4. The molecule has 2 nitrogen and oxygen atoms in total. The fourth-order valence-electron chi connectivity index (χ4n) is 1.56. The maximum absolute atomic E-state index is 11.7. The standard InChI is InChI=1S/C13H8O2S2/c14-9-7-10(12-3-1-5-16-12)15-11(8-9)13-4-2-6-17-13/h1-8H. The molecule has 84 valence electrons. The van der Waals surface area contributed by atoms with Crippen molar-refractivity contribution >= 4 is 22.7 Å². The van der Waals surface area contributed by atoms with Gasteiger partial charge >= 0.3 is 0 Å². The van der Waals surface area contributed by atoms with E-state index in [1.165, 1.54) is 12.1 Å². The van der Waals surface area contributed by atoms with E-state index in [1.54, 1.807) is 22.7 Å². The average Bonchev–Trinajstić information content (AvgIpc) is 3.02. The predicted molar refractivity (Wildman–Crippen MR) is 71.6 cm³/mol. The van der Waals surface area contributed by atoms with Crippen LogP contribution < -0.4 is 5.43 Å². The highest BCUT2D eigenvalue weighted by Crippen LogP contribution is 2.29. The maximum Gasteiger partial charge on any atom is 0.186 e. The van der Waals surface area contributed by atoms with E-state index in [0.29, 0.717) is 11.5 Å². The molecule has 0 N–H and O–H groups in total. The average molecular weight is 260 g/mol. The van der Waals surface area contributed by atoms with Gasteiger partial charge in [0.15, 0.2) is 5.43 Å². The summed E-state index contributed by atoms with van der Waals surface area (Å²) in [5.41, 5.74) is -0.0250. The smallest absolute Gasteiger partial charge is 0.186 e. The summed E-state index contributed by atoms with van der Waals surface area (Å²) in [6, 6.07) is 10.8. The van der Waals surface area contributed by atoms with Gasteiger partial charge in [-0.25, -0.2) is 0 Å². The quantitative estimate of drug-likeness (QED) is 0.694. The van der Waals surface area contributed by atoms with Gasteiger partial charge in [0.05, 0.1) is 9.75 Å². The van der Waals surface area contributed by atoms with Gasteiger partial charge in [0, 0.05) is 12.1 Å². The third-order valence-corrected chi connectivity index (χ3v) is 4.06. The maximum atomic E-state index is 11.7. The number of thiophene rings is 2. The summed E-state index contributed by atoms with van der Waals surface area (Å²) in [7, 11) is 0. The molecule has 3 aromatic rings. The van der Waals surface area contributed by atoms with Gasteiger partial charge in [0.1, 0.15) is 11.5 Å². The minimum atomic E-state index is -0.0250. The van der Waals surface area contributed by atoms with Crippen LogP contribution in [0, 0.1) is 0 Å². The Hall–Kier alpha value is -1.65. The highest BCUT2D eigenvalue weighted by Gasteiger charge is 2.08. The zero-order valence-corrected chi connectivity index (χ0v) is 10.4. The molecule has 0 aromatic carbocycles. The Morgan fingerprint density at radius 3 is 1.82 bits per heavy atom. The normalized spacial score (nSPS) is 10.6. The first-order valence-corrected chi connectivity index (χ1v) is 6.82. The van der Waals surface area contributed by atoms with E-state index >= 15 is 0 Å². The van der Waals surface area contributed by atoms with Crippen LogP contribution in [0.2, 0.25) is 0 Å². The third-order valence-electron chi connectivity index (χ3n) is 2.29. The summed E-state index contributed by atoms with van der Waals surface area (Å²) < 4.78 is 5.77. The molecule has 0 aliphatic carbocycles. The van der Waals surface area contributed by atoms with E-state index in [9.17, 15) is 4.79 Å². The molecule has 0 atom stereocenters. The van der Waals surface area contributed by atoms with Crippen LogP contribution in [0.25, 0.3) is 21.3 Å². The molecule has 0 fully saturated rings. The van der Waals surface area contributed by atoms with Crippen LogP contribution in [0.4, 0.5) is 0 Å². The second-order valence-electron chi connectivity index (χ2n) is 3.48. The molecule has 3 rings (SSSR count). The molecule has 0 aliphatic heterocycles. The zero-order valence-electron chi connectivity index (χ0n) is 8.75. The van der Waals surface area contributed by atoms with Crippen LogP contribution in [-0.4, -0.2) is 0 Å². The Kier molecular flexibility index (Phi) is 2.66. The fraction of sp³-hybridized carbons (Fsp3) is 0. The van der Waals surface area contributed by atoms with Crippen LogP contribution in [0.3, 0.4) is 0 Å². The van der Waals surface area contributed by atoms with Gasteiger partial charge in [-0.15, -0.1) is 22.7 Å². The second kappa shape index (κ2) is 4.31. The molecular weight excluding hydrogens is 252 g/mol. The molecule has 3 heterocycles. The molecule has 0 spiro atoms. The predicted octanol–water partition coefficient (Wildman–Crippen LogP) is 4.10. The topological polar surface area (TPSA) is 30.2 Å². The van der Waals surface area contributed by atoms with Crippen LogP contribution in [-0.2, 0) is 0 Å². The summed E-state index contributed by atoms with van der Waals surface area (Å²) in [4.78, 5) is 13.6. The lowest BCUT2D eigenvalue weighted by Crippen LogP contribution is -1.97. The highest BCUT2D eigenvalue weighted by molar-refractivity contribution is 7.13. The number of rotatable bonds is 2. The lowest BCUT2D eigenvalue weighted by molar-refractivity contribution is 0.583. The minimum absolute atomic E-state index is 0.0250. The summed E-state index contributed by atoms with van der Waals surface area (Å²) in [6.07, 6.45) is 0. The monoisotopic (exact) mass is 260 g/mol. The Balaban J connectivity index is 2.17. The molecule has 0 bridgehead atoms. The Bertz CT molecular complexity index is 608. The summed E-state index contributed by atoms with van der Waals surface area (Å²) in [5.74, 6) is 1.27. The van der Waals surface area contributed by atoms with E-state index in [-0.39, 0.29) is 5.43 Å². The largest absolute Gasteiger partial charge is 0.454 e. The minimum Gasteiger partial charge on any atom is -0.454 e. The Morgan fingerprint density at radius 2 is 1.41 bits per heavy atom. The fourth-order valence-corrected chi connectivity index (χ4v) is 2.91. The number of hydrogen-bond donors (Lipinski definition) is 0. The molecule has 0 aliphatic rings. The zero-order chi connectivity index (χ0) is 11.7. The van der Waals surface area contributed by atoms with Crippen molar-refractivity contribution in [3.05, 3.63) is 57.4 Å². The van der Waals surface area contributed by atoms with Crippen LogP contribution in [0.15, 0.2) is 56.4 Å². The molecule has 0 radical (unpaired) electrons. The van der Waals surface area contributed by atoms with E-state index in [1.807, 2.05) is 35.0 Å². The molecule has 0 saturated heterocycles. The first-order valence-electron chi connectivity index (χ1n) is 5.06. The lowest BCUT2D eigenvalue weighted by atomic mass is 10.3. The SMILES string of the molecule is O=c1cc(-c2cccs2)oc(-c2cccs2)c1. The van der Waals surface area contributed by atoms with Crippen LogP contribution in [0.5, 0.6) is 0 Å². The van der Waals surface area contributed by atoms with Gasteiger partial charge in [-0.05, 0) is 22.9 Å².